The number of thioether (sulfide) groups is 1. The fraction of sp³-hybridized carbons (Fsp3) is 1.00. The molecule has 0 aliphatic heterocycles. The summed E-state index contributed by atoms with van der Waals surface area (Å²) in [5.41, 5.74) is 0. The Morgan fingerprint density at radius 3 is 2.08 bits per heavy atom. The van der Waals surface area contributed by atoms with Gasteiger partial charge in [0.05, 0.1) is 0 Å². The minimum atomic E-state index is -4.40. The summed E-state index contributed by atoms with van der Waals surface area (Å²) in [6.45, 7) is 0. The molecule has 0 spiro atoms. The Bertz CT molecular complexity index is 134. The second-order valence-corrected chi connectivity index (χ2v) is 3.41. The molecule has 0 saturated heterocycles. The van der Waals surface area contributed by atoms with Gasteiger partial charge in [-0.1, -0.05) is 0 Å². The van der Waals surface area contributed by atoms with Gasteiger partial charge in [-0.25, -0.2) is 17.6 Å². The number of halogens is 4. The van der Waals surface area contributed by atoms with E-state index in [4.69, 9.17) is 0 Å². The average Bonchev–Trinajstić information content (AvgIpc) is 1.85. The molecular formula is C6H9BF4S. The summed E-state index contributed by atoms with van der Waals surface area (Å²) >= 11 is 1.33. The van der Waals surface area contributed by atoms with E-state index in [2.05, 4.69) is 7.85 Å². The van der Waals surface area contributed by atoms with E-state index in [0.29, 0.717) is 5.75 Å². The molecule has 0 atom stereocenters. The van der Waals surface area contributed by atoms with Gasteiger partial charge in [0.25, 0.3) is 11.7 Å². The highest BCUT2D eigenvalue weighted by atomic mass is 32.2. The van der Waals surface area contributed by atoms with E-state index < -0.39 is 18.2 Å². The molecular weight excluding hydrogens is 191 g/mol. The molecule has 0 aromatic rings. The van der Waals surface area contributed by atoms with Gasteiger partial charge in [-0.05, 0) is 18.4 Å². The van der Waals surface area contributed by atoms with Gasteiger partial charge in [-0.15, -0.1) is 0 Å². The topological polar surface area (TPSA) is 0 Å². The molecule has 0 aromatic carbocycles. The lowest BCUT2D eigenvalue weighted by molar-refractivity contribution is -0.161. The Kier molecular flexibility index (Phi) is 4.44. The molecule has 12 heavy (non-hydrogen) atoms. The lowest BCUT2D eigenvalue weighted by atomic mass is 9.89. The SMILES string of the molecule is [B]C(F)(F)C(F)(F)CCCSC. The third-order valence-electron chi connectivity index (χ3n) is 1.33. The highest BCUT2D eigenvalue weighted by Crippen LogP contribution is 2.35. The molecule has 0 aliphatic carbocycles. The summed E-state index contributed by atoms with van der Waals surface area (Å²) in [5, 5.41) is 0. The van der Waals surface area contributed by atoms with Crippen molar-refractivity contribution in [1.29, 1.82) is 0 Å². The van der Waals surface area contributed by atoms with Crippen LogP contribution in [0.25, 0.3) is 0 Å². The first-order valence-corrected chi connectivity index (χ1v) is 4.74. The van der Waals surface area contributed by atoms with Gasteiger partial charge in [0.15, 0.2) is 7.85 Å². The third-order valence-corrected chi connectivity index (χ3v) is 2.02. The maximum absolute atomic E-state index is 12.4. The standard InChI is InChI=1S/C6H9BF4S/c1-12-4-2-3-5(8,9)6(7,10)11/h2-4H2,1H3. The number of rotatable bonds is 5. The fourth-order valence-corrected chi connectivity index (χ4v) is 1.04. The van der Waals surface area contributed by atoms with Gasteiger partial charge in [-0.2, -0.15) is 11.8 Å². The quantitative estimate of drug-likeness (QED) is 0.373. The Balaban J connectivity index is 3.88. The zero-order chi connectivity index (χ0) is 9.83. The minimum absolute atomic E-state index is 0.0426. The van der Waals surface area contributed by atoms with E-state index in [0.717, 1.165) is 0 Å². The van der Waals surface area contributed by atoms with Crippen LogP contribution in [0.15, 0.2) is 0 Å². The average molecular weight is 200 g/mol. The normalized spacial score (nSPS) is 13.4. The van der Waals surface area contributed by atoms with Crippen LogP contribution in [0.2, 0.25) is 0 Å². The largest absolute Gasteiger partial charge is 0.300 e. The number of hydrogen-bond acceptors (Lipinski definition) is 1. The zero-order valence-electron chi connectivity index (χ0n) is 6.62. The van der Waals surface area contributed by atoms with E-state index in [9.17, 15) is 17.6 Å². The highest BCUT2D eigenvalue weighted by Gasteiger charge is 2.50. The number of hydrogen-bond donors (Lipinski definition) is 0. The molecule has 0 amide bonds. The van der Waals surface area contributed by atoms with E-state index in [-0.39, 0.29) is 6.42 Å². The van der Waals surface area contributed by atoms with E-state index in [1.165, 1.54) is 11.8 Å². The van der Waals surface area contributed by atoms with Crippen LogP contribution in [-0.4, -0.2) is 31.6 Å². The second-order valence-electron chi connectivity index (χ2n) is 2.42. The van der Waals surface area contributed by atoms with Crippen LogP contribution in [0.5, 0.6) is 0 Å². The summed E-state index contributed by atoms with van der Waals surface area (Å²) in [4.78, 5) is 0. The molecule has 0 saturated carbocycles. The van der Waals surface area contributed by atoms with Crippen molar-refractivity contribution >= 4 is 19.6 Å². The monoisotopic (exact) mass is 200 g/mol. The van der Waals surface area contributed by atoms with Crippen molar-refractivity contribution in [3.8, 4) is 0 Å². The summed E-state index contributed by atoms with van der Waals surface area (Å²) in [6.07, 6.45) is 0.900. The smallest absolute Gasteiger partial charge is 0.213 e. The molecule has 0 N–H and O–H groups in total. The molecule has 0 fully saturated rings. The molecule has 0 bridgehead atoms. The Morgan fingerprint density at radius 1 is 1.25 bits per heavy atom. The third kappa shape index (κ3) is 3.69. The van der Waals surface area contributed by atoms with Crippen LogP contribution in [0.3, 0.4) is 0 Å². The van der Waals surface area contributed by atoms with Gasteiger partial charge >= 0.3 is 0 Å². The van der Waals surface area contributed by atoms with Gasteiger partial charge < -0.3 is 0 Å². The van der Waals surface area contributed by atoms with Crippen LogP contribution < -0.4 is 0 Å². The molecule has 0 aromatic heterocycles. The summed E-state index contributed by atoms with van der Waals surface area (Å²) in [6, 6.07) is 0. The predicted molar refractivity (Wildman–Crippen MR) is 43.3 cm³/mol. The van der Waals surface area contributed by atoms with Crippen molar-refractivity contribution in [1.82, 2.24) is 0 Å². The molecule has 0 unspecified atom stereocenters. The van der Waals surface area contributed by atoms with Crippen molar-refractivity contribution in [3.05, 3.63) is 0 Å². The van der Waals surface area contributed by atoms with Crippen LogP contribution in [0, 0.1) is 0 Å². The molecule has 6 heteroatoms. The molecule has 0 aliphatic rings. The molecule has 0 nitrogen and oxygen atoms in total. The van der Waals surface area contributed by atoms with Crippen LogP contribution >= 0.6 is 11.8 Å². The van der Waals surface area contributed by atoms with Crippen LogP contribution in [0.4, 0.5) is 17.6 Å². The van der Waals surface area contributed by atoms with Crippen molar-refractivity contribution in [2.24, 2.45) is 0 Å². The Labute approximate surface area is 74.5 Å². The van der Waals surface area contributed by atoms with Crippen molar-refractivity contribution in [3.63, 3.8) is 0 Å². The number of alkyl halides is 4. The lowest BCUT2D eigenvalue weighted by Gasteiger charge is -2.23. The van der Waals surface area contributed by atoms with Crippen molar-refractivity contribution in [2.75, 3.05) is 12.0 Å². The predicted octanol–water partition coefficient (Wildman–Crippen LogP) is 2.53. The maximum atomic E-state index is 12.4. The van der Waals surface area contributed by atoms with Gasteiger partial charge in [0.2, 0.25) is 0 Å². The zero-order valence-corrected chi connectivity index (χ0v) is 7.44. The van der Waals surface area contributed by atoms with E-state index >= 15 is 0 Å². The molecule has 2 radical (unpaired) electrons. The lowest BCUT2D eigenvalue weighted by Crippen LogP contribution is -2.40. The van der Waals surface area contributed by atoms with Crippen molar-refractivity contribution < 1.29 is 17.6 Å². The molecule has 0 heterocycles. The highest BCUT2D eigenvalue weighted by molar-refractivity contribution is 7.98. The Hall–Kier alpha value is 0.135. The Morgan fingerprint density at radius 2 is 1.75 bits per heavy atom. The van der Waals surface area contributed by atoms with Gasteiger partial charge in [0, 0.05) is 6.42 Å². The summed E-state index contributed by atoms with van der Waals surface area (Å²) in [5.74, 6) is -8.04. The van der Waals surface area contributed by atoms with Crippen molar-refractivity contribution in [2.45, 2.75) is 24.6 Å². The van der Waals surface area contributed by atoms with Crippen LogP contribution in [0.1, 0.15) is 12.8 Å². The van der Waals surface area contributed by atoms with E-state index in [1.807, 2.05) is 0 Å². The molecule has 70 valence electrons. The van der Waals surface area contributed by atoms with Gasteiger partial charge in [-0.3, -0.25) is 0 Å². The second kappa shape index (κ2) is 4.39. The van der Waals surface area contributed by atoms with Crippen LogP contribution in [-0.2, 0) is 0 Å². The first kappa shape index (κ1) is 12.1. The summed E-state index contributed by atoms with van der Waals surface area (Å²) in [7, 11) is 4.01. The summed E-state index contributed by atoms with van der Waals surface area (Å²) < 4.78 is 48.6. The minimum Gasteiger partial charge on any atom is -0.213 e. The maximum Gasteiger partial charge on any atom is 0.300 e. The first-order chi connectivity index (χ1) is 5.31. The first-order valence-electron chi connectivity index (χ1n) is 3.35. The fourth-order valence-electron chi connectivity index (χ4n) is 0.605. The van der Waals surface area contributed by atoms with Gasteiger partial charge in [0.1, 0.15) is 0 Å². The van der Waals surface area contributed by atoms with E-state index in [1.54, 1.807) is 6.26 Å². The molecule has 0 rings (SSSR count).